The number of fused-ring (bicyclic) bond motifs is 17. The number of hydrogen-bond acceptors (Lipinski definition) is 3. The molecule has 0 saturated heterocycles. The minimum Gasteiger partial charge on any atom is -0.311 e. The summed E-state index contributed by atoms with van der Waals surface area (Å²) >= 11 is 0. The highest BCUT2D eigenvalue weighted by atomic mass is 15.2. The van der Waals surface area contributed by atoms with E-state index in [1.54, 1.807) is 0 Å². The van der Waals surface area contributed by atoms with E-state index in [1.807, 2.05) is 0 Å². The van der Waals surface area contributed by atoms with Crippen LogP contribution in [0.25, 0.3) is 203 Å². The van der Waals surface area contributed by atoms with E-state index in [0.717, 1.165) is 62.6 Å². The Morgan fingerprint density at radius 2 is 0.333 bits per heavy atom. The highest BCUT2D eigenvalue weighted by molar-refractivity contribution is 6.15. The van der Waals surface area contributed by atoms with Gasteiger partial charge in [0, 0.05) is 100 Å². The largest absolute Gasteiger partial charge is 0.311 e. The maximum atomic E-state index is 2.41. The summed E-state index contributed by atoms with van der Waals surface area (Å²) in [6.07, 6.45) is 0. The van der Waals surface area contributed by atoms with Crippen molar-refractivity contribution in [3.8, 4) is 72.7 Å². The van der Waals surface area contributed by atoms with Gasteiger partial charge in [0.15, 0.2) is 0 Å². The van der Waals surface area contributed by atoms with Crippen molar-refractivity contribution in [1.29, 1.82) is 0 Å². The van der Waals surface area contributed by atoms with Crippen molar-refractivity contribution in [2.24, 2.45) is 0 Å². The molecule has 0 aliphatic heterocycles. The van der Waals surface area contributed by atoms with E-state index in [9.17, 15) is 0 Å². The Morgan fingerprint density at radius 1 is 0.107 bits per heavy atom. The van der Waals surface area contributed by atoms with Crippen molar-refractivity contribution in [3.05, 3.63) is 595 Å². The molecular weight excluding hydrogens is 1810 g/mol. The molecule has 29 aromatic rings. The Bertz CT molecular complexity index is 9940. The Morgan fingerprint density at radius 3 is 0.727 bits per heavy atom. The van der Waals surface area contributed by atoms with E-state index in [1.165, 1.54) is 191 Å². The maximum absolute atomic E-state index is 2.41. The van der Waals surface area contributed by atoms with E-state index in [-0.39, 0.29) is 0 Å². The molecule has 0 unspecified atom stereocenters. The van der Waals surface area contributed by atoms with E-state index in [0.29, 0.717) is 0 Å². The van der Waals surface area contributed by atoms with Gasteiger partial charge < -0.3 is 28.4 Å². The van der Waals surface area contributed by atoms with Crippen LogP contribution in [-0.2, 0) is 0 Å². The summed E-state index contributed by atoms with van der Waals surface area (Å²) in [6.45, 7) is 0. The maximum Gasteiger partial charge on any atom is 0.0541 e. The fraction of sp³-hybridized carbons (Fsp3) is 0. The van der Waals surface area contributed by atoms with Crippen molar-refractivity contribution in [3.63, 3.8) is 0 Å². The Balaban J connectivity index is 0.000000111. The van der Waals surface area contributed by atoms with Crippen LogP contribution in [-0.4, -0.2) is 13.7 Å². The molecule has 0 bridgehead atoms. The first-order valence-electron chi connectivity index (χ1n) is 51.5. The Labute approximate surface area is 870 Å². The van der Waals surface area contributed by atoms with Crippen LogP contribution in [0.15, 0.2) is 595 Å². The summed E-state index contributed by atoms with van der Waals surface area (Å²) in [5.41, 5.74) is 32.9. The van der Waals surface area contributed by atoms with Crippen LogP contribution in [0.3, 0.4) is 0 Å². The van der Waals surface area contributed by atoms with Crippen LogP contribution >= 0.6 is 0 Å². The minimum atomic E-state index is 1.11. The van der Waals surface area contributed by atoms with E-state index in [2.05, 4.69) is 623 Å². The lowest BCUT2D eigenvalue weighted by Gasteiger charge is -2.26. The van der Waals surface area contributed by atoms with Crippen LogP contribution in [0.1, 0.15) is 0 Å². The molecule has 3 aromatic heterocycles. The fourth-order valence-corrected chi connectivity index (χ4v) is 22.6. The molecule has 3 heterocycles. The van der Waals surface area contributed by atoms with Crippen LogP contribution in [0.5, 0.6) is 0 Å². The van der Waals surface area contributed by atoms with Gasteiger partial charge in [-0.2, -0.15) is 0 Å². The third-order valence-corrected chi connectivity index (χ3v) is 29.9. The highest BCUT2D eigenvalue weighted by Crippen LogP contribution is 2.46. The van der Waals surface area contributed by atoms with Crippen molar-refractivity contribution >= 4 is 181 Å². The molecule has 150 heavy (non-hydrogen) atoms. The SMILES string of the molecule is c1ccc(N(c2ccc(-c3ccc(-n4c5ccccc5c5ccccc54)cc3)cc2)c2ccc(-c3ccc4c(ccc5ccccc54)c3)cc2)cc1.c1ccc(N(c2ccc(-c3ccc(-n4c5ccccc5c5ccccc54)cc3)cc2)c2ccc(-c3ccc4ccc5ccccc5c4c3)cc2)cc1.c1ccc(N(c2ccc(-c3ccc4ccccc4c3)cc2)c2ccc3c(-n4c5ccccc5c5ccccc54)cccc3c2)cc1. The minimum absolute atomic E-state index is 1.11. The van der Waals surface area contributed by atoms with Crippen molar-refractivity contribution in [2.75, 3.05) is 14.7 Å². The van der Waals surface area contributed by atoms with Gasteiger partial charge in [-0.25, -0.2) is 0 Å². The first-order valence-corrected chi connectivity index (χ1v) is 51.5. The summed E-state index contributed by atoms with van der Waals surface area (Å²) in [5, 5.41) is 22.8. The molecule has 0 N–H and O–H groups in total. The van der Waals surface area contributed by atoms with Crippen LogP contribution in [0.2, 0.25) is 0 Å². The lowest BCUT2D eigenvalue weighted by atomic mass is 9.97. The summed E-state index contributed by atoms with van der Waals surface area (Å²) in [7, 11) is 0. The van der Waals surface area contributed by atoms with Gasteiger partial charge in [-0.1, -0.05) is 400 Å². The van der Waals surface area contributed by atoms with Crippen molar-refractivity contribution in [2.45, 2.75) is 0 Å². The molecule has 6 nitrogen and oxygen atoms in total. The topological polar surface area (TPSA) is 24.5 Å². The van der Waals surface area contributed by atoms with E-state index < -0.39 is 0 Å². The van der Waals surface area contributed by atoms with Gasteiger partial charge >= 0.3 is 0 Å². The molecule has 0 fully saturated rings. The molecule has 0 aliphatic carbocycles. The number of nitrogens with zero attached hydrogens (tertiary/aromatic N) is 6. The number of para-hydroxylation sites is 9. The molecule has 6 heteroatoms. The lowest BCUT2D eigenvalue weighted by Crippen LogP contribution is -2.09. The second-order valence-corrected chi connectivity index (χ2v) is 38.6. The van der Waals surface area contributed by atoms with Gasteiger partial charge in [-0.15, -0.1) is 0 Å². The molecule has 26 aromatic carbocycles. The molecule has 704 valence electrons. The predicted molar refractivity (Wildman–Crippen MR) is 639 cm³/mol. The summed E-state index contributed by atoms with van der Waals surface area (Å²) in [5.74, 6) is 0. The van der Waals surface area contributed by atoms with Crippen LogP contribution < -0.4 is 14.7 Å². The molecule has 0 aliphatic rings. The molecule has 29 rings (SSSR count). The third kappa shape index (κ3) is 16.6. The molecule has 0 amide bonds. The van der Waals surface area contributed by atoms with E-state index >= 15 is 0 Å². The smallest absolute Gasteiger partial charge is 0.0541 e. The second kappa shape index (κ2) is 38.6. The summed E-state index contributed by atoms with van der Waals surface area (Å²) in [6, 6.07) is 215. The Hall–Kier alpha value is -19.9. The van der Waals surface area contributed by atoms with Crippen molar-refractivity contribution in [1.82, 2.24) is 13.7 Å². The summed E-state index contributed by atoms with van der Waals surface area (Å²) in [4.78, 5) is 7.00. The van der Waals surface area contributed by atoms with Gasteiger partial charge in [0.2, 0.25) is 0 Å². The van der Waals surface area contributed by atoms with Crippen LogP contribution in [0.4, 0.5) is 51.2 Å². The predicted octanol–water partition coefficient (Wildman–Crippen LogP) is 40.0. The lowest BCUT2D eigenvalue weighted by molar-refractivity contribution is 1.18. The molecular formula is C144H98N6. The first kappa shape index (κ1) is 89.0. The molecule has 0 spiro atoms. The standard InChI is InChI=1S/2C50H34N2.C44H30N2/c1-2-11-41(12-3-1)51(43-29-24-37(25-30-43)39-26-33-46-40(34-39)19-18-38-10-4-5-13-45(38)46)42-27-20-35(21-28-42)36-22-31-44(32-23-36)52-49-16-8-6-14-47(49)48-15-7-9-17-50(48)52;1-2-11-41(12-3-1)51(43-30-26-37(27-31-43)40-21-20-39-19-18-38-10-4-5-13-45(38)48(39)34-40)42-28-22-35(23-29-42)36-24-32-44(33-25-36)52-49-16-8-6-14-46(49)47-15-7-9-17-50(47)52;1-2-14-36(15-3-1)45(37-25-23-32(24-26-37)34-22-21-31-11-4-5-12-33(31)29-34)38-27-28-39-35(30-38)13-10-20-42(39)46-43-18-8-6-16-40(43)41-17-7-9-19-44(41)46/h2*1-34H;1-30H. The van der Waals surface area contributed by atoms with E-state index in [4.69, 9.17) is 0 Å². The normalized spacial score (nSPS) is 11.5. The zero-order chi connectivity index (χ0) is 99.3. The number of benzene rings is 26. The van der Waals surface area contributed by atoms with Gasteiger partial charge in [0.05, 0.1) is 38.8 Å². The van der Waals surface area contributed by atoms with Gasteiger partial charge in [0.25, 0.3) is 0 Å². The quantitative estimate of drug-likeness (QED) is 0.0850. The zero-order valence-corrected chi connectivity index (χ0v) is 82.3. The molecule has 0 atom stereocenters. The monoisotopic (exact) mass is 1910 g/mol. The highest BCUT2D eigenvalue weighted by Gasteiger charge is 2.23. The number of hydrogen-bond donors (Lipinski definition) is 0. The fourth-order valence-electron chi connectivity index (χ4n) is 22.6. The van der Waals surface area contributed by atoms with Gasteiger partial charge in [-0.05, 0) is 309 Å². The molecule has 0 saturated carbocycles. The number of anilines is 9. The van der Waals surface area contributed by atoms with Crippen molar-refractivity contribution < 1.29 is 0 Å². The second-order valence-electron chi connectivity index (χ2n) is 38.6. The third-order valence-electron chi connectivity index (χ3n) is 29.9. The van der Waals surface area contributed by atoms with Crippen LogP contribution in [0, 0.1) is 0 Å². The van der Waals surface area contributed by atoms with Gasteiger partial charge in [0.1, 0.15) is 0 Å². The number of rotatable bonds is 17. The zero-order valence-electron chi connectivity index (χ0n) is 82.3. The average molecular weight is 1910 g/mol. The molecule has 0 radical (unpaired) electrons. The summed E-state index contributed by atoms with van der Waals surface area (Å²) < 4.78 is 7.14. The first-order chi connectivity index (χ1) is 74.4. The number of aromatic nitrogens is 3. The van der Waals surface area contributed by atoms with Gasteiger partial charge in [-0.3, -0.25) is 0 Å². The Kier molecular flexibility index (Phi) is 22.9. The average Bonchev–Trinajstić information content (AvgIpc) is 1.60.